The number of hydrogen-bond acceptors (Lipinski definition) is 11. The lowest BCUT2D eigenvalue weighted by atomic mass is 10.2. The van der Waals surface area contributed by atoms with Crippen molar-refractivity contribution in [2.45, 2.75) is 13.8 Å². The molecule has 1 amide bonds. The number of hydrogen-bond donors (Lipinski definition) is 1. The van der Waals surface area contributed by atoms with Gasteiger partial charge in [0.1, 0.15) is 23.0 Å². The van der Waals surface area contributed by atoms with E-state index in [0.717, 1.165) is 18.8 Å². The first-order chi connectivity index (χ1) is 19.0. The predicted octanol–water partition coefficient (Wildman–Crippen LogP) is 2.28. The summed E-state index contributed by atoms with van der Waals surface area (Å²) in [5.41, 5.74) is 1.69. The number of nitrogens with zero attached hydrogens (tertiary/aromatic N) is 5. The summed E-state index contributed by atoms with van der Waals surface area (Å²) < 4.78 is 28.2. The van der Waals surface area contributed by atoms with Crippen molar-refractivity contribution < 1.29 is 28.5 Å². The van der Waals surface area contributed by atoms with Gasteiger partial charge in [0, 0.05) is 65.1 Å². The lowest BCUT2D eigenvalue weighted by Gasteiger charge is -2.31. The number of nitrogens with one attached hydrogen (secondary N) is 1. The van der Waals surface area contributed by atoms with Crippen LogP contribution < -0.4 is 29.5 Å². The van der Waals surface area contributed by atoms with E-state index in [1.54, 1.807) is 13.2 Å². The molecule has 2 fully saturated rings. The Morgan fingerprint density at radius 3 is 2.23 bits per heavy atom. The average Bonchev–Trinajstić information content (AvgIpc) is 2.98. The lowest BCUT2D eigenvalue weighted by Crippen LogP contribution is -2.38. The first kappa shape index (κ1) is 28.7. The molecule has 4 rings (SSSR count). The van der Waals surface area contributed by atoms with Crippen LogP contribution in [-0.2, 0) is 14.2 Å². The molecule has 1 N–H and O–H groups in total. The molecule has 0 radical (unpaired) electrons. The van der Waals surface area contributed by atoms with Gasteiger partial charge in [-0.15, -0.1) is 0 Å². The van der Waals surface area contributed by atoms with Crippen LogP contribution in [-0.4, -0.2) is 109 Å². The van der Waals surface area contributed by atoms with E-state index in [9.17, 15) is 4.79 Å². The van der Waals surface area contributed by atoms with E-state index in [1.807, 2.05) is 42.8 Å². The number of benzene rings is 1. The number of ether oxygens (including phenoxy) is 5. The standard InChI is InChI=1S/C27H40N6O6/c1-5-38-23-19-22(32-8-13-36-14-9-32)24(39-6-2)17-20(23)28-26(34)21-18-25(31(3)7-12-35-4)30-27(29-21)33-10-15-37-16-11-33/h17-19H,5-16H2,1-4H3,(H,28,34). The normalized spacial score (nSPS) is 15.7. The number of anilines is 4. The van der Waals surface area contributed by atoms with Crippen molar-refractivity contribution >= 4 is 29.0 Å². The molecule has 1 aromatic carbocycles. The minimum absolute atomic E-state index is 0.253. The minimum Gasteiger partial charge on any atom is -0.492 e. The molecule has 2 aromatic rings. The second-order valence-electron chi connectivity index (χ2n) is 9.16. The highest BCUT2D eigenvalue weighted by atomic mass is 16.5. The number of carbonyl (C=O) groups excluding carboxylic acids is 1. The first-order valence-electron chi connectivity index (χ1n) is 13.5. The van der Waals surface area contributed by atoms with E-state index in [1.165, 1.54) is 0 Å². The maximum absolute atomic E-state index is 13.6. The Balaban J connectivity index is 1.66. The van der Waals surface area contributed by atoms with Gasteiger partial charge in [-0.3, -0.25) is 4.79 Å². The van der Waals surface area contributed by atoms with Crippen LogP contribution in [0.5, 0.6) is 11.5 Å². The number of amides is 1. The second kappa shape index (κ2) is 14.2. The fraction of sp³-hybridized carbons (Fsp3) is 0.593. The molecule has 0 bridgehead atoms. The first-order valence-corrected chi connectivity index (χ1v) is 13.5. The summed E-state index contributed by atoms with van der Waals surface area (Å²) >= 11 is 0. The van der Waals surface area contributed by atoms with Gasteiger partial charge in [0.2, 0.25) is 5.95 Å². The second-order valence-corrected chi connectivity index (χ2v) is 9.16. The average molecular weight is 545 g/mol. The zero-order chi connectivity index (χ0) is 27.6. The molecule has 2 aliphatic heterocycles. The van der Waals surface area contributed by atoms with Crippen molar-refractivity contribution in [3.05, 3.63) is 23.9 Å². The van der Waals surface area contributed by atoms with Crippen molar-refractivity contribution in [2.75, 3.05) is 113 Å². The van der Waals surface area contributed by atoms with Gasteiger partial charge in [-0.05, 0) is 13.8 Å². The fourth-order valence-electron chi connectivity index (χ4n) is 4.41. The third-order valence-corrected chi connectivity index (χ3v) is 6.51. The van der Waals surface area contributed by atoms with Crippen LogP contribution >= 0.6 is 0 Å². The number of likely N-dealkylation sites (N-methyl/N-ethyl adjacent to an activating group) is 1. The molecule has 0 spiro atoms. The number of rotatable bonds is 12. The quantitative estimate of drug-likeness (QED) is 0.425. The highest BCUT2D eigenvalue weighted by Gasteiger charge is 2.23. The SMILES string of the molecule is CCOc1cc(N2CCOCC2)c(OCC)cc1NC(=O)c1cc(N(C)CCOC)nc(N2CCOCC2)n1. The van der Waals surface area contributed by atoms with E-state index < -0.39 is 0 Å². The van der Waals surface area contributed by atoms with Crippen LogP contribution in [0.2, 0.25) is 0 Å². The Morgan fingerprint density at radius 1 is 0.949 bits per heavy atom. The summed E-state index contributed by atoms with van der Waals surface area (Å²) in [7, 11) is 3.57. The van der Waals surface area contributed by atoms with Gasteiger partial charge in [0.05, 0.1) is 57.6 Å². The predicted molar refractivity (Wildman–Crippen MR) is 150 cm³/mol. The molecule has 214 valence electrons. The lowest BCUT2D eigenvalue weighted by molar-refractivity contribution is 0.102. The molecule has 39 heavy (non-hydrogen) atoms. The van der Waals surface area contributed by atoms with Crippen LogP contribution in [0.3, 0.4) is 0 Å². The molecule has 0 saturated carbocycles. The van der Waals surface area contributed by atoms with Crippen LogP contribution in [0.15, 0.2) is 18.2 Å². The maximum atomic E-state index is 13.6. The highest BCUT2D eigenvalue weighted by Crippen LogP contribution is 2.39. The van der Waals surface area contributed by atoms with Crippen LogP contribution in [0.25, 0.3) is 0 Å². The summed E-state index contributed by atoms with van der Waals surface area (Å²) in [6.07, 6.45) is 0. The molecule has 0 unspecified atom stereocenters. The van der Waals surface area contributed by atoms with Crippen molar-refractivity contribution in [2.24, 2.45) is 0 Å². The summed E-state index contributed by atoms with van der Waals surface area (Å²) in [6.45, 7) is 11.2. The fourth-order valence-corrected chi connectivity index (χ4v) is 4.41. The van der Waals surface area contributed by atoms with Gasteiger partial charge < -0.3 is 43.7 Å². The molecule has 0 aliphatic carbocycles. The summed E-state index contributed by atoms with van der Waals surface area (Å²) in [4.78, 5) is 29.2. The smallest absolute Gasteiger partial charge is 0.274 e. The number of aromatic nitrogens is 2. The summed E-state index contributed by atoms with van der Waals surface area (Å²) in [5.74, 6) is 2.01. The molecule has 0 atom stereocenters. The Hall–Kier alpha value is -3.35. The van der Waals surface area contributed by atoms with Gasteiger partial charge in [0.25, 0.3) is 5.91 Å². The van der Waals surface area contributed by atoms with Crippen LogP contribution in [0.4, 0.5) is 23.1 Å². The number of methoxy groups -OCH3 is 1. The Labute approximate surface area is 230 Å². The Kier molecular flexibility index (Phi) is 10.4. The molecule has 2 aliphatic rings. The number of morpholine rings is 2. The Morgan fingerprint density at radius 2 is 1.59 bits per heavy atom. The molecule has 2 saturated heterocycles. The molecule has 12 heteroatoms. The topological polar surface area (TPSA) is 111 Å². The van der Waals surface area contributed by atoms with E-state index in [4.69, 9.17) is 28.7 Å². The van der Waals surface area contributed by atoms with Crippen molar-refractivity contribution in [1.29, 1.82) is 0 Å². The van der Waals surface area contributed by atoms with E-state index in [-0.39, 0.29) is 11.6 Å². The van der Waals surface area contributed by atoms with Crippen molar-refractivity contribution in [3.8, 4) is 11.5 Å². The van der Waals surface area contributed by atoms with Crippen molar-refractivity contribution in [3.63, 3.8) is 0 Å². The minimum atomic E-state index is -0.365. The molecular formula is C27H40N6O6. The van der Waals surface area contributed by atoms with Crippen LogP contribution in [0, 0.1) is 0 Å². The summed E-state index contributed by atoms with van der Waals surface area (Å²) in [5, 5.41) is 3.02. The molecule has 12 nitrogen and oxygen atoms in total. The van der Waals surface area contributed by atoms with E-state index in [2.05, 4.69) is 15.2 Å². The van der Waals surface area contributed by atoms with E-state index in [0.29, 0.717) is 94.8 Å². The van der Waals surface area contributed by atoms with Gasteiger partial charge >= 0.3 is 0 Å². The monoisotopic (exact) mass is 544 g/mol. The van der Waals surface area contributed by atoms with Gasteiger partial charge in [0.15, 0.2) is 0 Å². The van der Waals surface area contributed by atoms with E-state index >= 15 is 0 Å². The third kappa shape index (κ3) is 7.40. The zero-order valence-electron chi connectivity index (χ0n) is 23.4. The zero-order valence-corrected chi connectivity index (χ0v) is 23.4. The number of carbonyl (C=O) groups is 1. The molecular weight excluding hydrogens is 504 g/mol. The third-order valence-electron chi connectivity index (χ3n) is 6.51. The maximum Gasteiger partial charge on any atom is 0.274 e. The molecule has 1 aromatic heterocycles. The van der Waals surface area contributed by atoms with Gasteiger partial charge in [-0.1, -0.05) is 0 Å². The van der Waals surface area contributed by atoms with Crippen molar-refractivity contribution in [1.82, 2.24) is 9.97 Å². The molecule has 3 heterocycles. The van der Waals surface area contributed by atoms with Crippen LogP contribution in [0.1, 0.15) is 24.3 Å². The Bertz CT molecular complexity index is 1090. The largest absolute Gasteiger partial charge is 0.492 e. The highest BCUT2D eigenvalue weighted by molar-refractivity contribution is 6.04. The van der Waals surface area contributed by atoms with Gasteiger partial charge in [-0.2, -0.15) is 4.98 Å². The van der Waals surface area contributed by atoms with Gasteiger partial charge in [-0.25, -0.2) is 4.98 Å². The summed E-state index contributed by atoms with van der Waals surface area (Å²) in [6, 6.07) is 5.45.